The summed E-state index contributed by atoms with van der Waals surface area (Å²) < 4.78 is 19.2. The highest BCUT2D eigenvalue weighted by molar-refractivity contribution is 5.95. The van der Waals surface area contributed by atoms with Crippen LogP contribution in [-0.2, 0) is 11.3 Å². The highest BCUT2D eigenvalue weighted by Gasteiger charge is 2.28. The van der Waals surface area contributed by atoms with Crippen molar-refractivity contribution in [2.45, 2.75) is 38.5 Å². The van der Waals surface area contributed by atoms with Gasteiger partial charge in [-0.25, -0.2) is 9.18 Å². The number of likely N-dealkylation sites (tertiary alicyclic amines) is 1. The molecule has 4 rings (SSSR count). The summed E-state index contributed by atoms with van der Waals surface area (Å²) in [7, 11) is 0. The van der Waals surface area contributed by atoms with Gasteiger partial charge in [0.15, 0.2) is 0 Å². The topological polar surface area (TPSA) is 103 Å². The summed E-state index contributed by atoms with van der Waals surface area (Å²) in [6.45, 7) is 3.95. The van der Waals surface area contributed by atoms with Gasteiger partial charge in [-0.3, -0.25) is 4.79 Å². The van der Waals surface area contributed by atoms with Crippen molar-refractivity contribution in [1.82, 2.24) is 10.2 Å². The molecule has 0 unspecified atom stereocenters. The fourth-order valence-electron chi connectivity index (χ4n) is 4.36. The Morgan fingerprint density at radius 3 is 2.78 bits per heavy atom. The second kappa shape index (κ2) is 9.07. The third kappa shape index (κ3) is 4.35. The molecule has 2 heterocycles. The van der Waals surface area contributed by atoms with E-state index in [2.05, 4.69) is 10.2 Å². The van der Waals surface area contributed by atoms with Gasteiger partial charge in [0.1, 0.15) is 12.4 Å². The molecule has 0 spiro atoms. The van der Waals surface area contributed by atoms with E-state index in [1.165, 1.54) is 12.1 Å². The van der Waals surface area contributed by atoms with Crippen LogP contribution in [0.25, 0.3) is 0 Å². The summed E-state index contributed by atoms with van der Waals surface area (Å²) >= 11 is 0. The van der Waals surface area contributed by atoms with Gasteiger partial charge in [0, 0.05) is 31.2 Å². The molecule has 0 saturated carbocycles. The molecule has 1 atom stereocenters. The zero-order valence-electron chi connectivity index (χ0n) is 17.7. The van der Waals surface area contributed by atoms with Gasteiger partial charge in [-0.1, -0.05) is 6.07 Å². The molecular weight excluding hydrogens is 413 g/mol. The SMILES string of the molecule is Cc1c([C@@H](O)CN2CCC(NC(=O)c3ccc(C#N)cc3F)CC2)ccc2c1COC2=O. The molecule has 2 aromatic rings. The normalized spacial score (nSPS) is 17.4. The van der Waals surface area contributed by atoms with E-state index in [1.54, 1.807) is 12.1 Å². The van der Waals surface area contributed by atoms with Gasteiger partial charge in [0.05, 0.1) is 28.9 Å². The number of nitriles is 1. The number of nitrogens with zero attached hydrogens (tertiary/aromatic N) is 2. The van der Waals surface area contributed by atoms with Gasteiger partial charge in [-0.15, -0.1) is 0 Å². The van der Waals surface area contributed by atoms with Crippen molar-refractivity contribution >= 4 is 11.9 Å². The van der Waals surface area contributed by atoms with E-state index in [0.717, 1.165) is 22.8 Å². The van der Waals surface area contributed by atoms with Gasteiger partial charge >= 0.3 is 5.97 Å². The molecule has 0 bridgehead atoms. The lowest BCUT2D eigenvalue weighted by Gasteiger charge is -2.33. The van der Waals surface area contributed by atoms with E-state index in [9.17, 15) is 19.1 Å². The summed E-state index contributed by atoms with van der Waals surface area (Å²) in [5, 5.41) is 22.5. The molecular formula is C24H24FN3O4. The number of aliphatic hydroxyl groups is 1. The number of hydrogen-bond donors (Lipinski definition) is 2. The van der Waals surface area contributed by atoms with Crippen molar-refractivity contribution in [3.05, 3.63) is 69.5 Å². The molecule has 0 radical (unpaired) electrons. The Kier molecular flexibility index (Phi) is 6.21. The Balaban J connectivity index is 1.31. The molecule has 7 nitrogen and oxygen atoms in total. The summed E-state index contributed by atoms with van der Waals surface area (Å²) in [5.74, 6) is -1.52. The van der Waals surface area contributed by atoms with E-state index in [4.69, 9.17) is 10.00 Å². The van der Waals surface area contributed by atoms with Gasteiger partial charge in [-0.05, 0) is 55.2 Å². The van der Waals surface area contributed by atoms with E-state index in [-0.39, 0.29) is 29.7 Å². The Morgan fingerprint density at radius 2 is 2.09 bits per heavy atom. The van der Waals surface area contributed by atoms with E-state index < -0.39 is 17.8 Å². The Labute approximate surface area is 185 Å². The van der Waals surface area contributed by atoms with Crippen molar-refractivity contribution in [2.24, 2.45) is 0 Å². The number of esters is 1. The Morgan fingerprint density at radius 1 is 1.34 bits per heavy atom. The zero-order valence-corrected chi connectivity index (χ0v) is 17.7. The molecule has 2 aromatic carbocycles. The summed E-state index contributed by atoms with van der Waals surface area (Å²) in [4.78, 5) is 26.2. The number of piperidine rings is 1. The van der Waals surface area contributed by atoms with Gasteiger partial charge in [-0.2, -0.15) is 5.26 Å². The molecule has 32 heavy (non-hydrogen) atoms. The van der Waals surface area contributed by atoms with Crippen molar-refractivity contribution < 1.29 is 23.8 Å². The van der Waals surface area contributed by atoms with Crippen LogP contribution >= 0.6 is 0 Å². The number of aliphatic hydroxyl groups excluding tert-OH is 1. The molecule has 2 N–H and O–H groups in total. The molecule has 1 fully saturated rings. The van der Waals surface area contributed by atoms with Crippen molar-refractivity contribution in [1.29, 1.82) is 5.26 Å². The molecule has 166 valence electrons. The van der Waals surface area contributed by atoms with Crippen molar-refractivity contribution in [3.63, 3.8) is 0 Å². The largest absolute Gasteiger partial charge is 0.457 e. The van der Waals surface area contributed by atoms with Crippen LogP contribution in [0.2, 0.25) is 0 Å². The number of cyclic esters (lactones) is 1. The van der Waals surface area contributed by atoms with E-state index in [0.29, 0.717) is 38.0 Å². The van der Waals surface area contributed by atoms with Crippen molar-refractivity contribution in [3.8, 4) is 6.07 Å². The second-order valence-electron chi connectivity index (χ2n) is 8.25. The summed E-state index contributed by atoms with van der Waals surface area (Å²) in [6, 6.07) is 9.05. The second-order valence-corrected chi connectivity index (χ2v) is 8.25. The number of ether oxygens (including phenoxy) is 1. The zero-order chi connectivity index (χ0) is 22.8. The van der Waals surface area contributed by atoms with Crippen LogP contribution in [0.4, 0.5) is 4.39 Å². The monoisotopic (exact) mass is 437 g/mol. The highest BCUT2D eigenvalue weighted by atomic mass is 19.1. The first-order chi connectivity index (χ1) is 15.4. The first-order valence-electron chi connectivity index (χ1n) is 10.6. The average Bonchev–Trinajstić information content (AvgIpc) is 3.16. The molecule has 2 aliphatic heterocycles. The minimum Gasteiger partial charge on any atom is -0.457 e. The van der Waals surface area contributed by atoms with Gasteiger partial charge in [0.25, 0.3) is 5.91 Å². The number of rotatable bonds is 5. The maximum atomic E-state index is 14.1. The lowest BCUT2D eigenvalue weighted by Crippen LogP contribution is -2.45. The van der Waals surface area contributed by atoms with Crippen LogP contribution in [0.3, 0.4) is 0 Å². The number of hydrogen-bond acceptors (Lipinski definition) is 6. The molecule has 1 amide bonds. The predicted octanol–water partition coefficient (Wildman–Crippen LogP) is 2.60. The van der Waals surface area contributed by atoms with Crippen LogP contribution in [0.15, 0.2) is 30.3 Å². The molecule has 0 aromatic heterocycles. The number of benzene rings is 2. The predicted molar refractivity (Wildman–Crippen MR) is 113 cm³/mol. The van der Waals surface area contributed by atoms with E-state index >= 15 is 0 Å². The number of amides is 1. The van der Waals surface area contributed by atoms with Gasteiger partial charge < -0.3 is 20.1 Å². The first kappa shape index (κ1) is 21.9. The summed E-state index contributed by atoms with van der Waals surface area (Å²) in [5.41, 5.74) is 3.16. The Bertz CT molecular complexity index is 1100. The standard InChI is InChI=1S/C24H24FN3O4/c1-14-17(4-5-18-20(14)13-32-24(18)31)22(29)12-28-8-6-16(7-9-28)27-23(30)19-3-2-15(11-26)10-21(19)25/h2-5,10,16,22,29H,6-9,12-13H2,1H3,(H,27,30)/t22-/m0/s1. The number of fused-ring (bicyclic) bond motifs is 1. The summed E-state index contributed by atoms with van der Waals surface area (Å²) in [6.07, 6.45) is 0.666. The van der Waals surface area contributed by atoms with Crippen LogP contribution in [-0.4, -0.2) is 47.6 Å². The highest BCUT2D eigenvalue weighted by Crippen LogP contribution is 2.29. The number of β-amino-alcohol motifs (C(OH)–C–C–N with tert-alkyl or cyclic N) is 1. The minimum absolute atomic E-state index is 0.0728. The average molecular weight is 437 g/mol. The number of carbonyl (C=O) groups is 2. The van der Waals surface area contributed by atoms with Crippen LogP contribution in [0.1, 0.15) is 61.9 Å². The third-order valence-electron chi connectivity index (χ3n) is 6.26. The van der Waals surface area contributed by atoms with Crippen LogP contribution < -0.4 is 5.32 Å². The smallest absolute Gasteiger partial charge is 0.338 e. The number of carbonyl (C=O) groups excluding carboxylic acids is 2. The molecule has 1 saturated heterocycles. The fraction of sp³-hybridized carbons (Fsp3) is 0.375. The fourth-order valence-corrected chi connectivity index (χ4v) is 4.36. The quantitative estimate of drug-likeness (QED) is 0.697. The third-order valence-corrected chi connectivity index (χ3v) is 6.26. The van der Waals surface area contributed by atoms with Crippen molar-refractivity contribution in [2.75, 3.05) is 19.6 Å². The molecule has 0 aliphatic carbocycles. The minimum atomic E-state index is -0.709. The van der Waals surface area contributed by atoms with Crippen LogP contribution in [0, 0.1) is 24.1 Å². The maximum Gasteiger partial charge on any atom is 0.338 e. The number of nitrogens with one attached hydrogen (secondary N) is 1. The van der Waals surface area contributed by atoms with Crippen LogP contribution in [0.5, 0.6) is 0 Å². The Hall–Kier alpha value is -3.28. The number of halogens is 1. The van der Waals surface area contributed by atoms with Gasteiger partial charge in [0.2, 0.25) is 0 Å². The lowest BCUT2D eigenvalue weighted by molar-refractivity contribution is 0.0534. The first-order valence-corrected chi connectivity index (χ1v) is 10.6. The maximum absolute atomic E-state index is 14.1. The molecule has 2 aliphatic rings. The molecule has 8 heteroatoms. The lowest BCUT2D eigenvalue weighted by atomic mass is 9.94. The van der Waals surface area contributed by atoms with E-state index in [1.807, 2.05) is 13.0 Å².